The van der Waals surface area contributed by atoms with E-state index in [-0.39, 0.29) is 6.03 Å². The number of likely N-dealkylation sites (tertiary alicyclic amines) is 1. The maximum absolute atomic E-state index is 12.6. The summed E-state index contributed by atoms with van der Waals surface area (Å²) < 4.78 is 5.05. The Bertz CT molecular complexity index is 721. The Morgan fingerprint density at radius 2 is 1.96 bits per heavy atom. The predicted molar refractivity (Wildman–Crippen MR) is 99.5 cm³/mol. The molecule has 6 heteroatoms. The number of ether oxygens (including phenoxy) is 1. The van der Waals surface area contributed by atoms with Crippen molar-refractivity contribution in [1.29, 1.82) is 0 Å². The molecule has 0 unspecified atom stereocenters. The Morgan fingerprint density at radius 1 is 1.27 bits per heavy atom. The summed E-state index contributed by atoms with van der Waals surface area (Å²) in [5.41, 5.74) is 3.06. The number of esters is 1. The number of hydrogen-bond donors (Lipinski definition) is 2. The van der Waals surface area contributed by atoms with Crippen LogP contribution in [-0.2, 0) is 9.53 Å². The average molecular weight is 357 g/mol. The lowest BCUT2D eigenvalue weighted by Gasteiger charge is -2.35. The summed E-state index contributed by atoms with van der Waals surface area (Å²) in [5.74, 6) is 0.314. The molecule has 26 heavy (non-hydrogen) atoms. The van der Waals surface area contributed by atoms with E-state index in [0.29, 0.717) is 17.8 Å². The smallest absolute Gasteiger partial charge is 0.338 e. The van der Waals surface area contributed by atoms with E-state index < -0.39 is 12.0 Å². The molecule has 1 fully saturated rings. The molecular formula is C20H27N3O3. The SMILES string of the molecule is COC(=O)C1=C(CN2CCC(C)CC2)NC(=O)N[C@H]1c1ccccc1C. The van der Waals surface area contributed by atoms with Gasteiger partial charge in [-0.05, 0) is 49.9 Å². The van der Waals surface area contributed by atoms with Crippen LogP contribution in [0, 0.1) is 12.8 Å². The van der Waals surface area contributed by atoms with Gasteiger partial charge < -0.3 is 15.4 Å². The molecule has 2 amide bonds. The van der Waals surface area contributed by atoms with Crippen LogP contribution in [0.3, 0.4) is 0 Å². The highest BCUT2D eigenvalue weighted by molar-refractivity contribution is 5.95. The van der Waals surface area contributed by atoms with Crippen LogP contribution in [0.1, 0.15) is 36.9 Å². The van der Waals surface area contributed by atoms with Crippen molar-refractivity contribution < 1.29 is 14.3 Å². The molecule has 0 saturated carbocycles. The topological polar surface area (TPSA) is 70.7 Å². The number of amides is 2. The van der Waals surface area contributed by atoms with Crippen LogP contribution in [0.4, 0.5) is 4.79 Å². The fraction of sp³-hybridized carbons (Fsp3) is 0.500. The molecule has 0 radical (unpaired) electrons. The first-order chi connectivity index (χ1) is 12.5. The lowest BCUT2D eigenvalue weighted by Crippen LogP contribution is -2.49. The zero-order valence-corrected chi connectivity index (χ0v) is 15.7. The van der Waals surface area contributed by atoms with Crippen LogP contribution >= 0.6 is 0 Å². The number of urea groups is 1. The minimum absolute atomic E-state index is 0.286. The third-order valence-corrected chi connectivity index (χ3v) is 5.32. The van der Waals surface area contributed by atoms with Gasteiger partial charge in [-0.25, -0.2) is 9.59 Å². The number of nitrogens with zero attached hydrogens (tertiary/aromatic N) is 1. The number of hydrogen-bond acceptors (Lipinski definition) is 4. The van der Waals surface area contributed by atoms with E-state index in [4.69, 9.17) is 4.74 Å². The summed E-state index contributed by atoms with van der Waals surface area (Å²) in [7, 11) is 1.38. The van der Waals surface area contributed by atoms with Crippen molar-refractivity contribution in [2.45, 2.75) is 32.7 Å². The first kappa shape index (κ1) is 18.5. The molecule has 0 aliphatic carbocycles. The molecule has 1 atom stereocenters. The van der Waals surface area contributed by atoms with Crippen molar-refractivity contribution in [2.24, 2.45) is 5.92 Å². The molecule has 1 aromatic rings. The zero-order chi connectivity index (χ0) is 18.7. The molecule has 2 aliphatic rings. The van der Waals surface area contributed by atoms with Gasteiger partial charge in [0.15, 0.2) is 0 Å². The summed E-state index contributed by atoms with van der Waals surface area (Å²) >= 11 is 0. The number of piperidine rings is 1. The van der Waals surface area contributed by atoms with Crippen molar-refractivity contribution in [2.75, 3.05) is 26.7 Å². The molecule has 0 spiro atoms. The molecule has 2 heterocycles. The van der Waals surface area contributed by atoms with Gasteiger partial charge in [-0.1, -0.05) is 31.2 Å². The van der Waals surface area contributed by atoms with Crippen LogP contribution in [0.5, 0.6) is 0 Å². The second kappa shape index (κ2) is 7.91. The monoisotopic (exact) mass is 357 g/mol. The van der Waals surface area contributed by atoms with Gasteiger partial charge in [0.05, 0.1) is 18.7 Å². The van der Waals surface area contributed by atoms with E-state index in [1.807, 2.05) is 31.2 Å². The lowest BCUT2D eigenvalue weighted by atomic mass is 9.91. The number of carbonyl (C=O) groups excluding carboxylic acids is 2. The highest BCUT2D eigenvalue weighted by Gasteiger charge is 2.34. The number of rotatable bonds is 4. The molecule has 3 rings (SSSR count). The quantitative estimate of drug-likeness (QED) is 0.813. The third-order valence-electron chi connectivity index (χ3n) is 5.32. The van der Waals surface area contributed by atoms with E-state index in [9.17, 15) is 9.59 Å². The van der Waals surface area contributed by atoms with Gasteiger partial charge in [0.1, 0.15) is 0 Å². The molecular weight excluding hydrogens is 330 g/mol. The van der Waals surface area contributed by atoms with Gasteiger partial charge >= 0.3 is 12.0 Å². The van der Waals surface area contributed by atoms with Crippen LogP contribution in [0.15, 0.2) is 35.5 Å². The maximum Gasteiger partial charge on any atom is 0.338 e. The Kier molecular flexibility index (Phi) is 5.61. The highest BCUT2D eigenvalue weighted by atomic mass is 16.5. The van der Waals surface area contributed by atoms with Crippen molar-refractivity contribution >= 4 is 12.0 Å². The summed E-state index contributed by atoms with van der Waals surface area (Å²) in [6.45, 7) is 6.73. The van der Waals surface area contributed by atoms with Gasteiger partial charge in [0, 0.05) is 12.2 Å². The third kappa shape index (κ3) is 3.90. The fourth-order valence-electron chi connectivity index (χ4n) is 3.68. The second-order valence-corrected chi connectivity index (χ2v) is 7.23. The normalized spacial score (nSPS) is 22.0. The van der Waals surface area contributed by atoms with E-state index in [1.165, 1.54) is 7.11 Å². The van der Waals surface area contributed by atoms with Gasteiger partial charge in [0.25, 0.3) is 0 Å². The second-order valence-electron chi connectivity index (χ2n) is 7.23. The maximum atomic E-state index is 12.6. The van der Waals surface area contributed by atoms with E-state index >= 15 is 0 Å². The summed E-state index contributed by atoms with van der Waals surface area (Å²) in [6.07, 6.45) is 2.27. The number of aryl methyl sites for hydroxylation is 1. The molecule has 0 aromatic heterocycles. The summed E-state index contributed by atoms with van der Waals surface area (Å²) in [6, 6.07) is 6.98. The molecule has 2 aliphatic heterocycles. The van der Waals surface area contributed by atoms with Crippen LogP contribution in [0.2, 0.25) is 0 Å². The largest absolute Gasteiger partial charge is 0.466 e. The van der Waals surface area contributed by atoms with Crippen molar-refractivity contribution in [3.05, 3.63) is 46.7 Å². The summed E-state index contributed by atoms with van der Waals surface area (Å²) in [5, 5.41) is 5.73. The Labute approximate surface area is 154 Å². The van der Waals surface area contributed by atoms with Crippen LogP contribution < -0.4 is 10.6 Å². The molecule has 1 saturated heterocycles. The van der Waals surface area contributed by atoms with E-state index in [1.54, 1.807) is 0 Å². The molecule has 140 valence electrons. The first-order valence-electron chi connectivity index (χ1n) is 9.16. The van der Waals surface area contributed by atoms with Gasteiger partial charge in [-0.2, -0.15) is 0 Å². The van der Waals surface area contributed by atoms with Gasteiger partial charge in [0.2, 0.25) is 0 Å². The number of carbonyl (C=O) groups is 2. The molecule has 2 N–H and O–H groups in total. The van der Waals surface area contributed by atoms with E-state index in [0.717, 1.165) is 43.0 Å². The van der Waals surface area contributed by atoms with Crippen molar-refractivity contribution in [3.8, 4) is 0 Å². The minimum atomic E-state index is -0.504. The number of nitrogens with one attached hydrogen (secondary N) is 2. The Morgan fingerprint density at radius 3 is 2.62 bits per heavy atom. The standard InChI is InChI=1S/C20H27N3O3/c1-13-8-10-23(11-9-13)12-16-17(19(24)26-3)18(22-20(25)21-16)15-7-5-4-6-14(15)2/h4-7,13,18H,8-12H2,1-3H3,(H2,21,22,25)/t18-/m0/s1. The molecule has 6 nitrogen and oxygen atoms in total. The van der Waals surface area contributed by atoms with Crippen molar-refractivity contribution in [3.63, 3.8) is 0 Å². The highest BCUT2D eigenvalue weighted by Crippen LogP contribution is 2.30. The van der Waals surface area contributed by atoms with Gasteiger partial charge in [-0.3, -0.25) is 4.90 Å². The van der Waals surface area contributed by atoms with Crippen molar-refractivity contribution in [1.82, 2.24) is 15.5 Å². The average Bonchev–Trinajstić information content (AvgIpc) is 2.63. The van der Waals surface area contributed by atoms with Crippen LogP contribution in [0.25, 0.3) is 0 Å². The Balaban J connectivity index is 1.96. The fourth-order valence-corrected chi connectivity index (χ4v) is 3.68. The minimum Gasteiger partial charge on any atom is -0.466 e. The first-order valence-corrected chi connectivity index (χ1v) is 9.16. The van der Waals surface area contributed by atoms with Gasteiger partial charge in [-0.15, -0.1) is 0 Å². The molecule has 1 aromatic carbocycles. The number of benzene rings is 1. The molecule has 0 bridgehead atoms. The van der Waals surface area contributed by atoms with E-state index in [2.05, 4.69) is 22.5 Å². The zero-order valence-electron chi connectivity index (χ0n) is 15.7. The summed E-state index contributed by atoms with van der Waals surface area (Å²) in [4.78, 5) is 27.2. The predicted octanol–water partition coefficient (Wildman–Crippen LogP) is 2.51. The lowest BCUT2D eigenvalue weighted by molar-refractivity contribution is -0.136. The number of methoxy groups -OCH3 is 1. The Hall–Kier alpha value is -2.34. The van der Waals surface area contributed by atoms with Crippen LogP contribution in [-0.4, -0.2) is 43.6 Å².